The van der Waals surface area contributed by atoms with Gasteiger partial charge in [-0.25, -0.2) is 0 Å². The summed E-state index contributed by atoms with van der Waals surface area (Å²) in [6.07, 6.45) is 0.318. The summed E-state index contributed by atoms with van der Waals surface area (Å²) >= 11 is 0. The van der Waals surface area contributed by atoms with Gasteiger partial charge in [-0.15, -0.1) is 0 Å². The second-order valence-electron chi connectivity index (χ2n) is 5.76. The van der Waals surface area contributed by atoms with E-state index in [1.54, 1.807) is 0 Å². The molecule has 1 atom stereocenters. The van der Waals surface area contributed by atoms with Crippen LogP contribution in [0.2, 0.25) is 0 Å². The van der Waals surface area contributed by atoms with Gasteiger partial charge in [0.05, 0.1) is 19.3 Å². The Bertz CT molecular complexity index is 278. The molecule has 104 valence electrons. The number of rotatable bonds is 5. The minimum atomic E-state index is 0.318. The molecular formula is C15H28N2O. The first-order chi connectivity index (χ1) is 8.58. The number of nitrogens with zero attached hydrogens (tertiary/aromatic N) is 1. The minimum Gasteiger partial charge on any atom is -0.374 e. The lowest BCUT2D eigenvalue weighted by atomic mass is 10.2. The average Bonchev–Trinajstić information content (AvgIpc) is 2.28. The average molecular weight is 252 g/mol. The van der Waals surface area contributed by atoms with Crippen molar-refractivity contribution in [2.45, 2.75) is 33.8 Å². The van der Waals surface area contributed by atoms with Crippen molar-refractivity contribution >= 4 is 0 Å². The van der Waals surface area contributed by atoms with E-state index in [-0.39, 0.29) is 0 Å². The summed E-state index contributed by atoms with van der Waals surface area (Å²) in [5.41, 5.74) is 0. The molecule has 1 saturated heterocycles. The molecule has 0 bridgehead atoms. The summed E-state index contributed by atoms with van der Waals surface area (Å²) in [7, 11) is 0. The highest BCUT2D eigenvalue weighted by Gasteiger charge is 2.19. The van der Waals surface area contributed by atoms with E-state index in [4.69, 9.17) is 4.74 Å². The quantitative estimate of drug-likeness (QED) is 0.752. The first-order valence-electron chi connectivity index (χ1n) is 7.11. The molecule has 1 N–H and O–H groups in total. The number of hydrogen-bond acceptors (Lipinski definition) is 3. The predicted molar refractivity (Wildman–Crippen MR) is 76.5 cm³/mol. The van der Waals surface area contributed by atoms with Crippen LogP contribution in [0.4, 0.5) is 0 Å². The zero-order valence-electron chi connectivity index (χ0n) is 12.3. The van der Waals surface area contributed by atoms with Gasteiger partial charge in [-0.05, 0) is 12.5 Å². The molecule has 0 saturated carbocycles. The predicted octanol–water partition coefficient (Wildman–Crippen LogP) is 1.59. The van der Waals surface area contributed by atoms with E-state index in [2.05, 4.69) is 49.8 Å². The first kappa shape index (κ1) is 15.5. The van der Waals surface area contributed by atoms with Crippen LogP contribution >= 0.6 is 0 Å². The lowest BCUT2D eigenvalue weighted by molar-refractivity contribution is -0.0226. The summed E-state index contributed by atoms with van der Waals surface area (Å²) < 4.78 is 5.77. The Labute approximate surface area is 112 Å². The second kappa shape index (κ2) is 8.53. The highest BCUT2D eigenvalue weighted by Crippen LogP contribution is 2.04. The highest BCUT2D eigenvalue weighted by molar-refractivity contribution is 5.03. The number of nitrogens with one attached hydrogen (secondary N) is 1. The molecule has 0 radical (unpaired) electrons. The van der Waals surface area contributed by atoms with E-state index in [0.29, 0.717) is 17.9 Å². The Morgan fingerprint density at radius 2 is 2.11 bits per heavy atom. The van der Waals surface area contributed by atoms with Crippen molar-refractivity contribution in [2.75, 3.05) is 39.3 Å². The fraction of sp³-hybridized carbons (Fsp3) is 0.867. The minimum absolute atomic E-state index is 0.318. The molecule has 18 heavy (non-hydrogen) atoms. The van der Waals surface area contributed by atoms with E-state index in [9.17, 15) is 0 Å². The summed E-state index contributed by atoms with van der Waals surface area (Å²) in [5, 5.41) is 3.46. The molecule has 1 heterocycles. The van der Waals surface area contributed by atoms with Gasteiger partial charge in [0, 0.05) is 25.6 Å². The molecule has 1 aliphatic rings. The Morgan fingerprint density at radius 3 is 2.78 bits per heavy atom. The van der Waals surface area contributed by atoms with Crippen LogP contribution < -0.4 is 5.32 Å². The standard InChI is InChI=1S/C15H28N2O/c1-13(2)6-5-7-17-8-9-18-15(12-17)11-16-10-14(3)4/h13-16H,7-12H2,1-4H3/t15-/m1/s1. The Hall–Kier alpha value is -0.560. The Morgan fingerprint density at radius 1 is 1.33 bits per heavy atom. The third-order valence-corrected chi connectivity index (χ3v) is 2.84. The smallest absolute Gasteiger partial charge is 0.0827 e. The molecule has 0 aliphatic carbocycles. The van der Waals surface area contributed by atoms with Crippen molar-refractivity contribution in [1.29, 1.82) is 0 Å². The van der Waals surface area contributed by atoms with E-state index in [1.807, 2.05) is 0 Å². The van der Waals surface area contributed by atoms with Crippen molar-refractivity contribution in [3.05, 3.63) is 0 Å². The van der Waals surface area contributed by atoms with Crippen LogP contribution in [0, 0.1) is 23.7 Å². The monoisotopic (exact) mass is 252 g/mol. The van der Waals surface area contributed by atoms with Gasteiger partial charge in [0.1, 0.15) is 0 Å². The lowest BCUT2D eigenvalue weighted by Gasteiger charge is -2.32. The van der Waals surface area contributed by atoms with Gasteiger partial charge in [0.2, 0.25) is 0 Å². The summed E-state index contributed by atoms with van der Waals surface area (Å²) in [5.74, 6) is 7.63. The normalized spacial score (nSPS) is 21.1. The molecule has 0 unspecified atom stereocenters. The fourth-order valence-corrected chi connectivity index (χ4v) is 1.94. The van der Waals surface area contributed by atoms with Crippen LogP contribution in [0.25, 0.3) is 0 Å². The molecule has 0 aromatic rings. The molecule has 0 aromatic heterocycles. The van der Waals surface area contributed by atoms with Gasteiger partial charge in [0.15, 0.2) is 0 Å². The van der Waals surface area contributed by atoms with E-state index in [0.717, 1.165) is 39.3 Å². The highest BCUT2D eigenvalue weighted by atomic mass is 16.5. The van der Waals surface area contributed by atoms with E-state index < -0.39 is 0 Å². The Balaban J connectivity index is 2.22. The van der Waals surface area contributed by atoms with Gasteiger partial charge in [-0.2, -0.15) is 0 Å². The van der Waals surface area contributed by atoms with Crippen molar-refractivity contribution in [2.24, 2.45) is 11.8 Å². The van der Waals surface area contributed by atoms with Crippen molar-refractivity contribution in [1.82, 2.24) is 10.2 Å². The number of hydrogen-bond donors (Lipinski definition) is 1. The van der Waals surface area contributed by atoms with Crippen molar-refractivity contribution in [3.63, 3.8) is 0 Å². The topological polar surface area (TPSA) is 24.5 Å². The maximum absolute atomic E-state index is 5.77. The molecule has 1 aliphatic heterocycles. The van der Waals surface area contributed by atoms with Crippen LogP contribution in [-0.4, -0.2) is 50.3 Å². The van der Waals surface area contributed by atoms with Crippen molar-refractivity contribution in [3.8, 4) is 11.8 Å². The molecule has 3 heteroatoms. The zero-order chi connectivity index (χ0) is 13.4. The zero-order valence-corrected chi connectivity index (χ0v) is 12.3. The maximum Gasteiger partial charge on any atom is 0.0827 e. The summed E-state index contributed by atoms with van der Waals surface area (Å²) in [6, 6.07) is 0. The fourth-order valence-electron chi connectivity index (χ4n) is 1.94. The van der Waals surface area contributed by atoms with E-state index >= 15 is 0 Å². The van der Waals surface area contributed by atoms with Gasteiger partial charge in [-0.1, -0.05) is 39.5 Å². The second-order valence-corrected chi connectivity index (χ2v) is 5.76. The third-order valence-electron chi connectivity index (χ3n) is 2.84. The molecule has 1 rings (SSSR count). The van der Waals surface area contributed by atoms with Crippen LogP contribution in [0.15, 0.2) is 0 Å². The maximum atomic E-state index is 5.77. The summed E-state index contributed by atoms with van der Waals surface area (Å²) in [4.78, 5) is 2.39. The SMILES string of the molecule is CC(C)C#CCN1CCO[C@H](CNCC(C)C)C1. The molecule has 1 fully saturated rings. The molecule has 0 amide bonds. The van der Waals surface area contributed by atoms with Crippen LogP contribution in [0.3, 0.4) is 0 Å². The molecule has 0 spiro atoms. The largest absolute Gasteiger partial charge is 0.374 e. The van der Waals surface area contributed by atoms with Gasteiger partial charge in [0.25, 0.3) is 0 Å². The molecular weight excluding hydrogens is 224 g/mol. The number of ether oxygens (including phenoxy) is 1. The number of morpholine rings is 1. The van der Waals surface area contributed by atoms with Crippen molar-refractivity contribution < 1.29 is 4.74 Å². The van der Waals surface area contributed by atoms with Gasteiger partial charge >= 0.3 is 0 Å². The molecule has 0 aromatic carbocycles. The van der Waals surface area contributed by atoms with E-state index in [1.165, 1.54) is 0 Å². The van der Waals surface area contributed by atoms with Crippen LogP contribution in [0.5, 0.6) is 0 Å². The third kappa shape index (κ3) is 7.00. The van der Waals surface area contributed by atoms with Crippen LogP contribution in [0.1, 0.15) is 27.7 Å². The van der Waals surface area contributed by atoms with Gasteiger partial charge < -0.3 is 10.1 Å². The Kier molecular flexibility index (Phi) is 7.34. The van der Waals surface area contributed by atoms with Gasteiger partial charge in [-0.3, -0.25) is 4.90 Å². The lowest BCUT2D eigenvalue weighted by Crippen LogP contribution is -2.47. The first-order valence-corrected chi connectivity index (χ1v) is 7.11. The molecule has 3 nitrogen and oxygen atoms in total. The van der Waals surface area contributed by atoms with Crippen LogP contribution in [-0.2, 0) is 4.74 Å². The summed E-state index contributed by atoms with van der Waals surface area (Å²) in [6.45, 7) is 14.4.